The van der Waals surface area contributed by atoms with Gasteiger partial charge < -0.3 is 5.32 Å². The number of nitrogens with one attached hydrogen (secondary N) is 2. The van der Waals surface area contributed by atoms with Crippen LogP contribution in [-0.4, -0.2) is 25.9 Å². The Morgan fingerprint density at radius 3 is 2.18 bits per heavy atom. The highest BCUT2D eigenvalue weighted by Crippen LogP contribution is 2.53. The lowest BCUT2D eigenvalue weighted by molar-refractivity contribution is -0.129. The zero-order chi connectivity index (χ0) is 20.3. The lowest BCUT2D eigenvalue weighted by Gasteiger charge is -2.54. The number of hydrogen-bond acceptors (Lipinski definition) is 3. The molecule has 4 fully saturated rings. The van der Waals surface area contributed by atoms with Gasteiger partial charge in [0.05, 0.1) is 4.90 Å². The van der Waals surface area contributed by atoms with Gasteiger partial charge in [0.2, 0.25) is 15.9 Å². The zero-order valence-corrected chi connectivity index (χ0v) is 17.5. The second-order valence-corrected chi connectivity index (χ2v) is 11.2. The lowest BCUT2D eigenvalue weighted by Crippen LogP contribution is -2.62. The van der Waals surface area contributed by atoms with Crippen molar-refractivity contribution in [1.82, 2.24) is 10.0 Å². The van der Waals surface area contributed by atoms with Crippen LogP contribution in [0, 0.1) is 36.4 Å². The van der Waals surface area contributed by atoms with Gasteiger partial charge in [-0.15, -0.1) is 0 Å². The molecule has 0 heterocycles. The fourth-order valence-electron chi connectivity index (χ4n) is 5.84. The Bertz CT molecular complexity index is 869. The number of hydrogen-bond donors (Lipinski definition) is 2. The second-order valence-electron chi connectivity index (χ2n) is 9.57. The van der Waals surface area contributed by atoms with Gasteiger partial charge in [-0.3, -0.25) is 4.79 Å². The van der Waals surface area contributed by atoms with Crippen LogP contribution in [0.1, 0.15) is 51.5 Å². The summed E-state index contributed by atoms with van der Waals surface area (Å²) in [6, 6.07) is 3.68. The molecule has 2 N–H and O–H groups in total. The fourth-order valence-corrected chi connectivity index (χ4v) is 7.45. The molecule has 4 saturated carbocycles. The van der Waals surface area contributed by atoms with Crippen LogP contribution in [0.5, 0.6) is 0 Å². The van der Waals surface area contributed by atoms with Crippen LogP contribution in [0.2, 0.25) is 0 Å². The molecule has 0 radical (unpaired) electrons. The Labute approximate surface area is 166 Å². The van der Waals surface area contributed by atoms with E-state index in [2.05, 4.69) is 10.0 Å². The van der Waals surface area contributed by atoms with Crippen LogP contribution in [0.15, 0.2) is 23.1 Å². The van der Waals surface area contributed by atoms with E-state index in [4.69, 9.17) is 0 Å². The average molecular weight is 409 g/mol. The molecule has 4 aliphatic carbocycles. The SMILES string of the molecule is Cc1cc(F)ccc1S(=O)(=O)NC(C)(C)C(=O)NC1C2CC3CC(C2)CC1C3. The number of aryl methyl sites for hydroxylation is 1. The maximum Gasteiger partial charge on any atom is 0.241 e. The summed E-state index contributed by atoms with van der Waals surface area (Å²) in [6.07, 6.45) is 6.06. The molecule has 0 spiro atoms. The molecule has 0 aromatic heterocycles. The van der Waals surface area contributed by atoms with Crippen molar-refractivity contribution in [2.24, 2.45) is 23.7 Å². The summed E-state index contributed by atoms with van der Waals surface area (Å²) in [7, 11) is -3.95. The molecule has 0 saturated heterocycles. The molecule has 5 nitrogen and oxygen atoms in total. The Morgan fingerprint density at radius 1 is 1.07 bits per heavy atom. The van der Waals surface area contributed by atoms with Crippen molar-refractivity contribution in [2.75, 3.05) is 0 Å². The van der Waals surface area contributed by atoms with Crippen LogP contribution in [-0.2, 0) is 14.8 Å². The number of benzene rings is 1. The van der Waals surface area contributed by atoms with E-state index in [0.717, 1.165) is 17.9 Å². The van der Waals surface area contributed by atoms with Crippen LogP contribution < -0.4 is 10.0 Å². The Hall–Kier alpha value is -1.47. The second kappa shape index (κ2) is 6.80. The van der Waals surface area contributed by atoms with Gasteiger partial charge in [0.1, 0.15) is 11.4 Å². The van der Waals surface area contributed by atoms with Crippen molar-refractivity contribution in [3.63, 3.8) is 0 Å². The van der Waals surface area contributed by atoms with E-state index in [1.807, 2.05) is 0 Å². The molecule has 28 heavy (non-hydrogen) atoms. The molecule has 7 heteroatoms. The van der Waals surface area contributed by atoms with Crippen molar-refractivity contribution < 1.29 is 17.6 Å². The van der Waals surface area contributed by atoms with Crippen LogP contribution in [0.4, 0.5) is 4.39 Å². The van der Waals surface area contributed by atoms with Crippen LogP contribution in [0.25, 0.3) is 0 Å². The molecule has 1 amide bonds. The third-order valence-electron chi connectivity index (χ3n) is 6.91. The lowest BCUT2D eigenvalue weighted by atomic mass is 9.54. The average Bonchev–Trinajstić information content (AvgIpc) is 2.55. The van der Waals surface area contributed by atoms with Crippen molar-refractivity contribution in [3.05, 3.63) is 29.6 Å². The molecular formula is C21H29FN2O3S. The predicted molar refractivity (Wildman–Crippen MR) is 105 cm³/mol. The summed E-state index contributed by atoms with van der Waals surface area (Å²) in [4.78, 5) is 13.0. The van der Waals surface area contributed by atoms with Gasteiger partial charge >= 0.3 is 0 Å². The molecule has 1 aromatic rings. The number of sulfonamides is 1. The minimum atomic E-state index is -3.95. The first kappa shape index (κ1) is 19.8. The fraction of sp³-hybridized carbons (Fsp3) is 0.667. The molecule has 1 aromatic carbocycles. The number of carbonyl (C=O) groups excluding carboxylic acids is 1. The maximum atomic E-state index is 13.3. The number of rotatable bonds is 5. The normalized spacial score (nSPS) is 31.8. The highest BCUT2D eigenvalue weighted by atomic mass is 32.2. The number of halogens is 1. The molecular weight excluding hydrogens is 379 g/mol. The molecule has 0 aliphatic heterocycles. The molecule has 4 bridgehead atoms. The summed E-state index contributed by atoms with van der Waals surface area (Å²) in [5, 5.41) is 3.17. The summed E-state index contributed by atoms with van der Waals surface area (Å²) >= 11 is 0. The molecule has 5 rings (SSSR count). The highest BCUT2D eigenvalue weighted by Gasteiger charge is 2.49. The molecule has 0 atom stereocenters. The molecule has 4 aliphatic rings. The third kappa shape index (κ3) is 3.59. The first-order valence-corrected chi connectivity index (χ1v) is 11.6. The standard InChI is InChI=1S/C21H29FN2O3S/c1-12-6-17(22)4-5-18(12)28(26,27)24-21(2,3)20(25)23-19-15-8-13-7-14(10-15)11-16(19)9-13/h4-6,13-16,19,24H,7-11H2,1-3H3,(H,23,25). The summed E-state index contributed by atoms with van der Waals surface area (Å²) in [6.45, 7) is 4.70. The van der Waals surface area contributed by atoms with Crippen molar-refractivity contribution >= 4 is 15.9 Å². The highest BCUT2D eigenvalue weighted by molar-refractivity contribution is 7.89. The van der Waals surface area contributed by atoms with E-state index in [0.29, 0.717) is 17.4 Å². The molecule has 0 unspecified atom stereocenters. The number of amides is 1. The van der Waals surface area contributed by atoms with E-state index >= 15 is 0 Å². The Morgan fingerprint density at radius 2 is 1.64 bits per heavy atom. The van der Waals surface area contributed by atoms with Gasteiger partial charge in [0.15, 0.2) is 0 Å². The Kier molecular flexibility index (Phi) is 4.82. The quantitative estimate of drug-likeness (QED) is 0.786. The van der Waals surface area contributed by atoms with Gasteiger partial charge in [0.25, 0.3) is 0 Å². The largest absolute Gasteiger partial charge is 0.351 e. The van der Waals surface area contributed by atoms with Crippen molar-refractivity contribution in [1.29, 1.82) is 0 Å². The van der Waals surface area contributed by atoms with E-state index in [1.54, 1.807) is 20.8 Å². The van der Waals surface area contributed by atoms with E-state index in [9.17, 15) is 17.6 Å². The third-order valence-corrected chi connectivity index (χ3v) is 8.72. The van der Waals surface area contributed by atoms with Gasteiger partial charge in [-0.25, -0.2) is 12.8 Å². The first-order chi connectivity index (χ1) is 13.0. The van der Waals surface area contributed by atoms with E-state index in [-0.39, 0.29) is 16.8 Å². The van der Waals surface area contributed by atoms with Gasteiger partial charge in [0, 0.05) is 6.04 Å². The van der Waals surface area contributed by atoms with Crippen molar-refractivity contribution in [2.45, 2.75) is 69.4 Å². The van der Waals surface area contributed by atoms with E-state index in [1.165, 1.54) is 44.2 Å². The van der Waals surface area contributed by atoms with Crippen LogP contribution in [0.3, 0.4) is 0 Å². The smallest absolute Gasteiger partial charge is 0.241 e. The van der Waals surface area contributed by atoms with Gasteiger partial charge in [-0.2, -0.15) is 4.72 Å². The Balaban J connectivity index is 1.48. The zero-order valence-electron chi connectivity index (χ0n) is 16.7. The summed E-state index contributed by atoms with van der Waals surface area (Å²) in [5.41, 5.74) is -0.987. The first-order valence-electron chi connectivity index (χ1n) is 10.2. The van der Waals surface area contributed by atoms with E-state index < -0.39 is 21.4 Å². The van der Waals surface area contributed by atoms with Crippen molar-refractivity contribution in [3.8, 4) is 0 Å². The predicted octanol–water partition coefficient (Wildman–Crippen LogP) is 3.13. The minimum absolute atomic E-state index is 0.00982. The monoisotopic (exact) mass is 408 g/mol. The summed E-state index contributed by atoms with van der Waals surface area (Å²) < 4.78 is 41.5. The number of carbonyl (C=O) groups is 1. The van der Waals surface area contributed by atoms with Gasteiger partial charge in [-0.05, 0) is 100 Å². The minimum Gasteiger partial charge on any atom is -0.351 e. The maximum absolute atomic E-state index is 13.3. The van der Waals surface area contributed by atoms with Gasteiger partial charge in [-0.1, -0.05) is 0 Å². The topological polar surface area (TPSA) is 75.3 Å². The molecule has 154 valence electrons. The summed E-state index contributed by atoms with van der Waals surface area (Å²) in [5.74, 6) is 1.87. The van der Waals surface area contributed by atoms with Crippen LogP contribution >= 0.6 is 0 Å².